The first-order valence-electron chi connectivity index (χ1n) is 7.74. The molecular formula is C17H16F3NO6S. The number of aliphatic carboxylic acids is 1. The van der Waals surface area contributed by atoms with Gasteiger partial charge in [-0.2, -0.15) is 4.72 Å². The van der Waals surface area contributed by atoms with Crippen LogP contribution < -0.4 is 14.2 Å². The molecule has 0 aliphatic heterocycles. The topological polar surface area (TPSA) is 102 Å². The van der Waals surface area contributed by atoms with E-state index in [1.807, 2.05) is 4.72 Å². The summed E-state index contributed by atoms with van der Waals surface area (Å²) in [5.74, 6) is -1.45. The summed E-state index contributed by atoms with van der Waals surface area (Å²) >= 11 is 0. The van der Waals surface area contributed by atoms with E-state index in [9.17, 15) is 31.5 Å². The Morgan fingerprint density at radius 1 is 1.07 bits per heavy atom. The van der Waals surface area contributed by atoms with E-state index >= 15 is 0 Å². The number of benzene rings is 2. The third-order valence-corrected chi connectivity index (χ3v) is 5.05. The van der Waals surface area contributed by atoms with E-state index in [-0.39, 0.29) is 6.42 Å². The van der Waals surface area contributed by atoms with Crippen LogP contribution in [-0.2, 0) is 21.2 Å². The summed E-state index contributed by atoms with van der Waals surface area (Å²) in [6, 6.07) is 8.31. The van der Waals surface area contributed by atoms with Crippen molar-refractivity contribution in [2.45, 2.75) is 23.7 Å². The molecule has 0 saturated carbocycles. The minimum Gasteiger partial charge on any atom is -0.497 e. The van der Waals surface area contributed by atoms with Crippen LogP contribution in [0.1, 0.15) is 5.56 Å². The number of carboxylic acids is 1. The molecule has 0 saturated heterocycles. The average molecular weight is 419 g/mol. The molecule has 0 fully saturated rings. The Labute approximate surface area is 158 Å². The number of halogens is 3. The number of carbonyl (C=O) groups is 1. The highest BCUT2D eigenvalue weighted by Gasteiger charge is 2.31. The third-order valence-electron chi connectivity index (χ3n) is 3.56. The van der Waals surface area contributed by atoms with E-state index in [1.54, 1.807) is 24.3 Å². The number of ether oxygens (including phenoxy) is 2. The van der Waals surface area contributed by atoms with Gasteiger partial charge in [0.05, 0.1) is 12.0 Å². The normalized spacial score (nSPS) is 13.0. The summed E-state index contributed by atoms with van der Waals surface area (Å²) in [7, 11) is -2.82. The Morgan fingerprint density at radius 3 is 2.07 bits per heavy atom. The number of carboxylic acid groups (broad SMARTS) is 1. The van der Waals surface area contributed by atoms with Gasteiger partial charge >= 0.3 is 12.3 Å². The molecule has 0 bridgehead atoms. The molecule has 0 spiro atoms. The second-order valence-corrected chi connectivity index (χ2v) is 7.30. The number of sulfonamides is 1. The molecule has 0 aliphatic carbocycles. The zero-order valence-corrected chi connectivity index (χ0v) is 15.3. The van der Waals surface area contributed by atoms with Gasteiger partial charge in [0, 0.05) is 0 Å². The minimum absolute atomic E-state index is 0.145. The molecule has 28 heavy (non-hydrogen) atoms. The standard InChI is InChI=1S/C17H16F3NO6S/c1-26-12-4-2-11(3-5-12)10-15(16(22)23)21-28(24,25)14-8-6-13(7-9-14)27-17(18,19)20/h2-9,15,21H,10H2,1H3,(H,22,23)/t15-/m1/s1. The summed E-state index contributed by atoms with van der Waals surface area (Å²) in [6.07, 6.45) is -5.06. The highest BCUT2D eigenvalue weighted by atomic mass is 32.2. The smallest absolute Gasteiger partial charge is 0.497 e. The maximum Gasteiger partial charge on any atom is 0.573 e. The van der Waals surface area contributed by atoms with Crippen LogP contribution in [-0.4, -0.2) is 39.0 Å². The summed E-state index contributed by atoms with van der Waals surface area (Å²) < 4.78 is 71.9. The van der Waals surface area contributed by atoms with Crippen LogP contribution in [0.2, 0.25) is 0 Å². The van der Waals surface area contributed by atoms with Gasteiger partial charge in [0.2, 0.25) is 10.0 Å². The van der Waals surface area contributed by atoms with Gasteiger partial charge < -0.3 is 14.6 Å². The third kappa shape index (κ3) is 6.13. The second-order valence-electron chi connectivity index (χ2n) is 5.58. The molecule has 0 unspecified atom stereocenters. The van der Waals surface area contributed by atoms with Crippen molar-refractivity contribution in [1.29, 1.82) is 0 Å². The Bertz CT molecular complexity index is 911. The Kier molecular flexibility index (Phi) is 6.52. The SMILES string of the molecule is COc1ccc(C[C@@H](NS(=O)(=O)c2ccc(OC(F)(F)F)cc2)C(=O)O)cc1. The highest BCUT2D eigenvalue weighted by Crippen LogP contribution is 2.24. The quantitative estimate of drug-likeness (QED) is 0.682. The maximum absolute atomic E-state index is 12.4. The Morgan fingerprint density at radius 2 is 1.61 bits per heavy atom. The molecule has 0 aromatic heterocycles. The van der Waals surface area contributed by atoms with Crippen LogP contribution in [0.15, 0.2) is 53.4 Å². The van der Waals surface area contributed by atoms with Crippen molar-refractivity contribution in [2.24, 2.45) is 0 Å². The van der Waals surface area contributed by atoms with E-state index in [0.717, 1.165) is 24.3 Å². The number of alkyl halides is 3. The molecule has 152 valence electrons. The van der Waals surface area contributed by atoms with Gasteiger partial charge in [0.15, 0.2) is 0 Å². The average Bonchev–Trinajstić information content (AvgIpc) is 2.60. The molecule has 0 amide bonds. The molecule has 2 rings (SSSR count). The molecule has 11 heteroatoms. The molecule has 0 heterocycles. The van der Waals surface area contributed by atoms with Gasteiger partial charge in [-0.25, -0.2) is 8.42 Å². The molecule has 2 aromatic rings. The van der Waals surface area contributed by atoms with Crippen molar-refractivity contribution >= 4 is 16.0 Å². The fraction of sp³-hybridized carbons (Fsp3) is 0.235. The first-order chi connectivity index (χ1) is 13.0. The van der Waals surface area contributed by atoms with Crippen molar-refractivity contribution < 1.29 is 41.0 Å². The number of rotatable bonds is 8. The van der Waals surface area contributed by atoms with E-state index in [2.05, 4.69) is 4.74 Å². The van der Waals surface area contributed by atoms with Crippen molar-refractivity contribution in [3.05, 3.63) is 54.1 Å². The summed E-state index contributed by atoms with van der Waals surface area (Å²) in [6.45, 7) is 0. The molecule has 0 radical (unpaired) electrons. The van der Waals surface area contributed by atoms with Crippen LogP contribution in [0.3, 0.4) is 0 Å². The predicted octanol–water partition coefficient (Wildman–Crippen LogP) is 2.57. The van der Waals surface area contributed by atoms with Crippen molar-refractivity contribution in [3.63, 3.8) is 0 Å². The second kappa shape index (κ2) is 8.48. The van der Waals surface area contributed by atoms with E-state index in [0.29, 0.717) is 11.3 Å². The fourth-order valence-electron chi connectivity index (χ4n) is 2.25. The van der Waals surface area contributed by atoms with Gasteiger partial charge in [-0.05, 0) is 48.4 Å². The molecule has 1 atom stereocenters. The Hall–Kier alpha value is -2.79. The van der Waals surface area contributed by atoms with Crippen molar-refractivity contribution in [1.82, 2.24) is 4.72 Å². The van der Waals surface area contributed by atoms with Crippen LogP contribution in [0.25, 0.3) is 0 Å². The molecule has 0 aliphatic rings. The van der Waals surface area contributed by atoms with Crippen LogP contribution in [0, 0.1) is 0 Å². The van der Waals surface area contributed by atoms with Gasteiger partial charge in [-0.3, -0.25) is 4.79 Å². The lowest BCUT2D eigenvalue weighted by Gasteiger charge is -2.15. The first-order valence-corrected chi connectivity index (χ1v) is 9.22. The maximum atomic E-state index is 12.4. The lowest BCUT2D eigenvalue weighted by Crippen LogP contribution is -2.42. The molecule has 2 N–H and O–H groups in total. The molecule has 2 aromatic carbocycles. The zero-order chi connectivity index (χ0) is 20.9. The number of methoxy groups -OCH3 is 1. The monoisotopic (exact) mass is 419 g/mol. The lowest BCUT2D eigenvalue weighted by molar-refractivity contribution is -0.274. The minimum atomic E-state index is -4.91. The van der Waals surface area contributed by atoms with Gasteiger partial charge in [-0.15, -0.1) is 13.2 Å². The van der Waals surface area contributed by atoms with Crippen LogP contribution in [0.4, 0.5) is 13.2 Å². The van der Waals surface area contributed by atoms with E-state index in [1.165, 1.54) is 7.11 Å². The highest BCUT2D eigenvalue weighted by molar-refractivity contribution is 7.89. The van der Waals surface area contributed by atoms with Crippen LogP contribution >= 0.6 is 0 Å². The largest absolute Gasteiger partial charge is 0.573 e. The summed E-state index contributed by atoms with van der Waals surface area (Å²) in [5.41, 5.74) is 0.546. The van der Waals surface area contributed by atoms with E-state index < -0.39 is 39.0 Å². The number of nitrogens with one attached hydrogen (secondary N) is 1. The van der Waals surface area contributed by atoms with Crippen molar-refractivity contribution in [3.8, 4) is 11.5 Å². The molecular weight excluding hydrogens is 403 g/mol. The lowest BCUT2D eigenvalue weighted by atomic mass is 10.1. The fourth-order valence-corrected chi connectivity index (χ4v) is 3.44. The van der Waals surface area contributed by atoms with Gasteiger partial charge in [0.1, 0.15) is 17.5 Å². The predicted molar refractivity (Wildman–Crippen MR) is 91.6 cm³/mol. The zero-order valence-electron chi connectivity index (χ0n) is 14.4. The first kappa shape index (κ1) is 21.5. The number of hydrogen-bond acceptors (Lipinski definition) is 5. The molecule has 7 nitrogen and oxygen atoms in total. The van der Waals surface area contributed by atoms with Gasteiger partial charge in [-0.1, -0.05) is 12.1 Å². The number of hydrogen-bond donors (Lipinski definition) is 2. The van der Waals surface area contributed by atoms with E-state index in [4.69, 9.17) is 4.74 Å². The van der Waals surface area contributed by atoms with Gasteiger partial charge in [0.25, 0.3) is 0 Å². The summed E-state index contributed by atoms with van der Waals surface area (Å²) in [4.78, 5) is 11.1. The van der Waals surface area contributed by atoms with Crippen LogP contribution in [0.5, 0.6) is 11.5 Å². The summed E-state index contributed by atoms with van der Waals surface area (Å²) in [5, 5.41) is 9.32. The van der Waals surface area contributed by atoms with Crippen molar-refractivity contribution in [2.75, 3.05) is 7.11 Å². The Balaban J connectivity index is 2.15.